The second-order valence-electron chi connectivity index (χ2n) is 10.6. The number of fused-ring (bicyclic) bond motifs is 4. The lowest BCUT2D eigenvalue weighted by Gasteiger charge is -2.37. The molecule has 4 aliphatic heterocycles. The second kappa shape index (κ2) is 11.4. The van der Waals surface area contributed by atoms with Crippen LogP contribution in [0.1, 0.15) is 53.9 Å². The molecular weight excluding hydrogens is 502 g/mol. The van der Waals surface area contributed by atoms with Gasteiger partial charge in [0.2, 0.25) is 12.7 Å². The van der Waals surface area contributed by atoms with E-state index in [1.165, 1.54) is 19.3 Å². The number of benzene rings is 2. The van der Waals surface area contributed by atoms with Gasteiger partial charge in [-0.2, -0.15) is 0 Å². The number of carbonyl (C=O) groups excluding carboxylic acids is 2. The summed E-state index contributed by atoms with van der Waals surface area (Å²) in [5, 5.41) is 16.0. The fourth-order valence-electron chi connectivity index (χ4n) is 6.02. The van der Waals surface area contributed by atoms with E-state index in [1.54, 1.807) is 24.3 Å². The Balaban J connectivity index is 1.09. The Morgan fingerprint density at radius 3 is 2.67 bits per heavy atom. The molecule has 10 nitrogen and oxygen atoms in total. The maximum absolute atomic E-state index is 12.9. The third kappa shape index (κ3) is 5.68. The number of likely N-dealkylation sites (tertiary alicyclic amines) is 1. The van der Waals surface area contributed by atoms with E-state index in [1.807, 2.05) is 12.1 Å². The second-order valence-corrected chi connectivity index (χ2v) is 10.6. The number of ether oxygens (including phenoxy) is 4. The zero-order valence-electron chi connectivity index (χ0n) is 21.9. The lowest BCUT2D eigenvalue weighted by Crippen LogP contribution is -2.47. The number of piperidine rings is 1. The van der Waals surface area contributed by atoms with Crippen LogP contribution in [0.5, 0.6) is 17.2 Å². The van der Waals surface area contributed by atoms with Gasteiger partial charge in [-0.15, -0.1) is 0 Å². The van der Waals surface area contributed by atoms with Gasteiger partial charge in [-0.05, 0) is 68.8 Å². The van der Waals surface area contributed by atoms with Crippen LogP contribution < -0.4 is 24.8 Å². The SMILES string of the molecule is O=C(C[C@@H]1C[C@H]2c3cc(NC(=O)c4ccc5c(c4)OCO5)ccc3O[C@H]2[C@H](CO)O1)NCCN1CCCCC1. The summed E-state index contributed by atoms with van der Waals surface area (Å²) in [7, 11) is 0. The molecule has 208 valence electrons. The van der Waals surface area contributed by atoms with Crippen molar-refractivity contribution in [3.05, 3.63) is 47.5 Å². The molecule has 2 aromatic carbocycles. The van der Waals surface area contributed by atoms with Crippen LogP contribution >= 0.6 is 0 Å². The molecule has 2 amide bonds. The first kappa shape index (κ1) is 25.9. The number of amides is 2. The van der Waals surface area contributed by atoms with Crippen molar-refractivity contribution in [2.24, 2.45) is 0 Å². The van der Waals surface area contributed by atoms with E-state index in [-0.39, 0.29) is 49.8 Å². The van der Waals surface area contributed by atoms with Crippen LogP contribution in [0.3, 0.4) is 0 Å². The molecule has 0 spiro atoms. The molecule has 0 saturated carbocycles. The first-order valence-corrected chi connectivity index (χ1v) is 13.8. The van der Waals surface area contributed by atoms with E-state index in [9.17, 15) is 14.7 Å². The Kier molecular flexibility index (Phi) is 7.58. The van der Waals surface area contributed by atoms with E-state index < -0.39 is 6.10 Å². The summed E-state index contributed by atoms with van der Waals surface area (Å²) in [5.74, 6) is 1.51. The first-order valence-electron chi connectivity index (χ1n) is 13.8. The zero-order valence-corrected chi connectivity index (χ0v) is 21.9. The number of rotatable bonds is 8. The summed E-state index contributed by atoms with van der Waals surface area (Å²) in [6.07, 6.45) is 3.35. The average molecular weight is 538 g/mol. The molecule has 0 radical (unpaired) electrons. The molecule has 0 aliphatic carbocycles. The van der Waals surface area contributed by atoms with Gasteiger partial charge in [0.15, 0.2) is 11.5 Å². The van der Waals surface area contributed by atoms with E-state index in [2.05, 4.69) is 15.5 Å². The molecule has 39 heavy (non-hydrogen) atoms. The first-order chi connectivity index (χ1) is 19.1. The van der Waals surface area contributed by atoms with Crippen LogP contribution in [0.25, 0.3) is 0 Å². The van der Waals surface area contributed by atoms with Gasteiger partial charge in [0.25, 0.3) is 5.91 Å². The quantitative estimate of drug-likeness (QED) is 0.471. The van der Waals surface area contributed by atoms with Gasteiger partial charge < -0.3 is 39.6 Å². The molecule has 0 aromatic heterocycles. The zero-order chi connectivity index (χ0) is 26.8. The summed E-state index contributed by atoms with van der Waals surface area (Å²) in [5.41, 5.74) is 2.05. The topological polar surface area (TPSA) is 119 Å². The molecule has 2 aromatic rings. The van der Waals surface area contributed by atoms with Crippen molar-refractivity contribution in [2.45, 2.75) is 56.3 Å². The van der Waals surface area contributed by atoms with Crippen molar-refractivity contribution in [1.82, 2.24) is 10.2 Å². The highest BCUT2D eigenvalue weighted by Gasteiger charge is 2.46. The van der Waals surface area contributed by atoms with Gasteiger partial charge in [-0.1, -0.05) is 6.42 Å². The predicted molar refractivity (Wildman–Crippen MR) is 142 cm³/mol. The van der Waals surface area contributed by atoms with Crippen molar-refractivity contribution in [3.63, 3.8) is 0 Å². The summed E-state index contributed by atoms with van der Waals surface area (Å²) in [4.78, 5) is 28.0. The number of hydrogen-bond donors (Lipinski definition) is 3. The van der Waals surface area contributed by atoms with Crippen molar-refractivity contribution < 1.29 is 33.6 Å². The Labute approximate surface area is 227 Å². The summed E-state index contributed by atoms with van der Waals surface area (Å²) < 4.78 is 23.0. The molecule has 0 unspecified atom stereocenters. The molecule has 4 heterocycles. The monoisotopic (exact) mass is 537 g/mol. The number of anilines is 1. The fraction of sp³-hybridized carbons (Fsp3) is 0.517. The van der Waals surface area contributed by atoms with Gasteiger partial charge in [-0.3, -0.25) is 9.59 Å². The Morgan fingerprint density at radius 1 is 1.00 bits per heavy atom. The summed E-state index contributed by atoms with van der Waals surface area (Å²) in [6.45, 7) is 3.63. The van der Waals surface area contributed by atoms with Crippen LogP contribution in [-0.2, 0) is 9.53 Å². The molecule has 10 heteroatoms. The van der Waals surface area contributed by atoms with E-state index in [0.29, 0.717) is 41.5 Å². The minimum atomic E-state index is -0.533. The van der Waals surface area contributed by atoms with Crippen LogP contribution in [0.15, 0.2) is 36.4 Å². The highest BCUT2D eigenvalue weighted by Crippen LogP contribution is 2.47. The van der Waals surface area contributed by atoms with E-state index >= 15 is 0 Å². The standard InChI is InChI=1S/C29H35N3O7/c33-16-26-28-22(14-20(38-26)15-27(34)30-8-11-32-9-2-1-3-10-32)21-13-19(5-7-23(21)39-28)31-29(35)18-4-6-24-25(12-18)37-17-36-24/h4-7,12-13,20,22,26,28,33H,1-3,8-11,14-17H2,(H,30,34)(H,31,35)/t20-,22-,26-,28+/m0/s1. The highest BCUT2D eigenvalue weighted by atomic mass is 16.7. The smallest absolute Gasteiger partial charge is 0.255 e. The number of aliphatic hydroxyl groups is 1. The Morgan fingerprint density at radius 2 is 1.82 bits per heavy atom. The predicted octanol–water partition coefficient (Wildman–Crippen LogP) is 2.65. The third-order valence-corrected chi connectivity index (χ3v) is 8.00. The largest absolute Gasteiger partial charge is 0.487 e. The number of nitrogens with one attached hydrogen (secondary N) is 2. The molecule has 2 saturated heterocycles. The normalized spacial score (nSPS) is 25.4. The molecule has 4 aliphatic rings. The molecule has 0 bridgehead atoms. The number of aliphatic hydroxyl groups excluding tert-OH is 1. The van der Waals surface area contributed by atoms with Crippen LogP contribution in [0, 0.1) is 0 Å². The van der Waals surface area contributed by atoms with Crippen LogP contribution in [0.4, 0.5) is 5.69 Å². The van der Waals surface area contributed by atoms with Crippen molar-refractivity contribution in [1.29, 1.82) is 0 Å². The van der Waals surface area contributed by atoms with Gasteiger partial charge in [0.05, 0.1) is 19.1 Å². The number of nitrogens with zero attached hydrogens (tertiary/aromatic N) is 1. The van der Waals surface area contributed by atoms with Gasteiger partial charge in [-0.25, -0.2) is 0 Å². The Bertz CT molecular complexity index is 1220. The van der Waals surface area contributed by atoms with Crippen molar-refractivity contribution in [3.8, 4) is 17.2 Å². The maximum atomic E-state index is 12.9. The van der Waals surface area contributed by atoms with E-state index in [0.717, 1.165) is 25.2 Å². The van der Waals surface area contributed by atoms with Crippen molar-refractivity contribution in [2.75, 3.05) is 44.9 Å². The van der Waals surface area contributed by atoms with Gasteiger partial charge >= 0.3 is 0 Å². The highest BCUT2D eigenvalue weighted by molar-refractivity contribution is 6.04. The molecule has 6 rings (SSSR count). The molecule has 3 N–H and O–H groups in total. The van der Waals surface area contributed by atoms with Crippen LogP contribution in [0.2, 0.25) is 0 Å². The lowest BCUT2D eigenvalue weighted by atomic mass is 9.84. The summed E-state index contributed by atoms with van der Waals surface area (Å²) in [6, 6.07) is 10.6. The van der Waals surface area contributed by atoms with Crippen LogP contribution in [-0.4, -0.2) is 79.7 Å². The van der Waals surface area contributed by atoms with Gasteiger partial charge in [0, 0.05) is 35.8 Å². The van der Waals surface area contributed by atoms with Gasteiger partial charge in [0.1, 0.15) is 18.0 Å². The molecule has 2 fully saturated rings. The van der Waals surface area contributed by atoms with Crippen molar-refractivity contribution >= 4 is 17.5 Å². The minimum Gasteiger partial charge on any atom is -0.487 e. The number of carbonyl (C=O) groups is 2. The number of hydrogen-bond acceptors (Lipinski definition) is 8. The summed E-state index contributed by atoms with van der Waals surface area (Å²) >= 11 is 0. The molecule has 4 atom stereocenters. The third-order valence-electron chi connectivity index (χ3n) is 8.00. The fourth-order valence-corrected chi connectivity index (χ4v) is 6.02. The molecular formula is C29H35N3O7. The average Bonchev–Trinajstić information content (AvgIpc) is 3.57. The Hall–Kier alpha value is -3.34. The lowest BCUT2D eigenvalue weighted by molar-refractivity contribution is -0.142. The van der Waals surface area contributed by atoms with E-state index in [4.69, 9.17) is 18.9 Å². The maximum Gasteiger partial charge on any atom is 0.255 e. The minimum absolute atomic E-state index is 0.0453.